The lowest BCUT2D eigenvalue weighted by atomic mass is 10.1. The Morgan fingerprint density at radius 2 is 2.19 bits per heavy atom. The first-order valence-electron chi connectivity index (χ1n) is 7.55. The van der Waals surface area contributed by atoms with Crippen LogP contribution in [0.3, 0.4) is 0 Å². The summed E-state index contributed by atoms with van der Waals surface area (Å²) in [6, 6.07) is 6.72. The van der Waals surface area contributed by atoms with Crippen molar-refractivity contribution in [3.63, 3.8) is 0 Å². The average molecular weight is 306 g/mol. The van der Waals surface area contributed by atoms with Crippen molar-refractivity contribution in [2.45, 2.75) is 30.7 Å². The molecule has 0 aliphatic carbocycles. The molecule has 1 aromatic carbocycles. The topological polar surface area (TPSA) is 56.4 Å². The molecular formula is C16H26N4S. The molecule has 5 heteroatoms. The van der Waals surface area contributed by atoms with Crippen molar-refractivity contribution in [1.82, 2.24) is 4.90 Å². The van der Waals surface area contributed by atoms with Gasteiger partial charge in [0.25, 0.3) is 0 Å². The molecule has 1 saturated heterocycles. The molecule has 4 nitrogen and oxygen atoms in total. The van der Waals surface area contributed by atoms with E-state index in [4.69, 9.17) is 11.1 Å². The number of nitrogens with two attached hydrogens (primary N) is 1. The lowest BCUT2D eigenvalue weighted by molar-refractivity contribution is 0.328. The number of hydrogen-bond acceptors (Lipinski definition) is 4. The molecule has 116 valence electrons. The molecule has 0 bridgehead atoms. The van der Waals surface area contributed by atoms with Crippen molar-refractivity contribution in [1.29, 1.82) is 5.41 Å². The molecule has 1 aliphatic heterocycles. The summed E-state index contributed by atoms with van der Waals surface area (Å²) in [5.74, 6) is 0.169. The van der Waals surface area contributed by atoms with Crippen LogP contribution in [0.2, 0.25) is 0 Å². The van der Waals surface area contributed by atoms with Crippen molar-refractivity contribution in [2.24, 2.45) is 5.73 Å². The van der Waals surface area contributed by atoms with Crippen LogP contribution in [0.15, 0.2) is 23.1 Å². The van der Waals surface area contributed by atoms with E-state index >= 15 is 0 Å². The van der Waals surface area contributed by atoms with Crippen molar-refractivity contribution in [2.75, 3.05) is 37.8 Å². The summed E-state index contributed by atoms with van der Waals surface area (Å²) in [5.41, 5.74) is 7.90. The summed E-state index contributed by atoms with van der Waals surface area (Å²) in [7, 11) is 2.19. The van der Waals surface area contributed by atoms with Gasteiger partial charge in [-0.15, -0.1) is 11.8 Å². The maximum atomic E-state index is 7.98. The molecule has 0 spiro atoms. The fourth-order valence-electron chi connectivity index (χ4n) is 3.11. The molecule has 1 fully saturated rings. The van der Waals surface area contributed by atoms with Crippen LogP contribution >= 0.6 is 11.8 Å². The number of nitrogens with zero attached hydrogens (tertiary/aromatic N) is 2. The van der Waals surface area contributed by atoms with E-state index in [1.54, 1.807) is 11.8 Å². The van der Waals surface area contributed by atoms with Gasteiger partial charge in [-0.25, -0.2) is 0 Å². The fourth-order valence-corrected chi connectivity index (χ4v) is 3.74. The zero-order chi connectivity index (χ0) is 15.4. The van der Waals surface area contributed by atoms with Gasteiger partial charge in [0.2, 0.25) is 0 Å². The van der Waals surface area contributed by atoms with E-state index < -0.39 is 0 Å². The number of nitrogens with one attached hydrogen (secondary N) is 1. The zero-order valence-electron chi connectivity index (χ0n) is 13.2. The van der Waals surface area contributed by atoms with E-state index in [0.29, 0.717) is 6.04 Å². The molecule has 2 rings (SSSR count). The Bertz CT molecular complexity index is 503. The van der Waals surface area contributed by atoms with Gasteiger partial charge in [-0.1, -0.05) is 13.0 Å². The van der Waals surface area contributed by atoms with Gasteiger partial charge < -0.3 is 15.5 Å². The van der Waals surface area contributed by atoms with Crippen LogP contribution in [-0.4, -0.2) is 49.7 Å². The molecule has 0 aromatic heterocycles. The second kappa shape index (κ2) is 7.18. The van der Waals surface area contributed by atoms with Gasteiger partial charge >= 0.3 is 0 Å². The summed E-state index contributed by atoms with van der Waals surface area (Å²) in [5, 5.41) is 7.98. The van der Waals surface area contributed by atoms with Crippen LogP contribution in [0.5, 0.6) is 0 Å². The van der Waals surface area contributed by atoms with Crippen LogP contribution in [-0.2, 0) is 0 Å². The van der Waals surface area contributed by atoms with E-state index in [-0.39, 0.29) is 5.84 Å². The summed E-state index contributed by atoms with van der Waals surface area (Å²) in [6.45, 7) is 5.46. The highest BCUT2D eigenvalue weighted by atomic mass is 32.2. The molecule has 1 aromatic rings. The first-order valence-corrected chi connectivity index (χ1v) is 8.77. The van der Waals surface area contributed by atoms with Crippen LogP contribution in [0, 0.1) is 5.41 Å². The Balaban J connectivity index is 2.45. The number of rotatable bonds is 4. The normalized spacial score (nSPS) is 20.3. The Labute approximate surface area is 132 Å². The minimum absolute atomic E-state index is 0.169. The predicted molar refractivity (Wildman–Crippen MR) is 92.8 cm³/mol. The third-order valence-electron chi connectivity index (χ3n) is 4.18. The number of hydrogen-bond donors (Lipinski definition) is 2. The fraction of sp³-hybridized carbons (Fsp3) is 0.562. The van der Waals surface area contributed by atoms with Gasteiger partial charge in [0.05, 0.1) is 5.56 Å². The minimum Gasteiger partial charge on any atom is -0.384 e. The van der Waals surface area contributed by atoms with Crippen LogP contribution < -0.4 is 10.6 Å². The Kier molecular flexibility index (Phi) is 5.53. The molecule has 3 N–H and O–H groups in total. The van der Waals surface area contributed by atoms with Gasteiger partial charge in [-0.05, 0) is 44.8 Å². The number of likely N-dealkylation sites (N-methyl/N-ethyl adjacent to an activating group) is 1. The first kappa shape index (κ1) is 16.2. The van der Waals surface area contributed by atoms with Crippen molar-refractivity contribution < 1.29 is 0 Å². The molecule has 1 unspecified atom stereocenters. The van der Waals surface area contributed by atoms with Crippen molar-refractivity contribution in [3.8, 4) is 0 Å². The van der Waals surface area contributed by atoms with Gasteiger partial charge in [0.15, 0.2) is 0 Å². The molecule has 0 saturated carbocycles. The first-order chi connectivity index (χ1) is 10.1. The van der Waals surface area contributed by atoms with Crippen molar-refractivity contribution >= 4 is 23.3 Å². The highest BCUT2D eigenvalue weighted by molar-refractivity contribution is 7.98. The van der Waals surface area contributed by atoms with Gasteiger partial charge in [0, 0.05) is 29.7 Å². The number of amidine groups is 1. The Morgan fingerprint density at radius 3 is 2.81 bits per heavy atom. The largest absolute Gasteiger partial charge is 0.384 e. The molecule has 0 amide bonds. The maximum Gasteiger partial charge on any atom is 0.126 e. The summed E-state index contributed by atoms with van der Waals surface area (Å²) < 4.78 is 0. The summed E-state index contributed by atoms with van der Waals surface area (Å²) in [4.78, 5) is 5.95. The Hall–Kier alpha value is -1.20. The van der Waals surface area contributed by atoms with Gasteiger partial charge in [-0.3, -0.25) is 5.41 Å². The maximum absolute atomic E-state index is 7.98. The summed E-state index contributed by atoms with van der Waals surface area (Å²) >= 11 is 1.66. The predicted octanol–water partition coefficient (Wildman–Crippen LogP) is 2.61. The molecule has 1 heterocycles. The molecular weight excluding hydrogens is 280 g/mol. The lowest BCUT2D eigenvalue weighted by Gasteiger charge is -2.34. The summed E-state index contributed by atoms with van der Waals surface area (Å²) in [6.07, 6.45) is 4.29. The van der Waals surface area contributed by atoms with E-state index in [9.17, 15) is 0 Å². The highest BCUT2D eigenvalue weighted by Gasteiger charge is 2.25. The highest BCUT2D eigenvalue weighted by Crippen LogP contribution is 2.32. The number of nitrogen functional groups attached to an aromatic ring is 1. The molecule has 1 aliphatic rings. The van der Waals surface area contributed by atoms with Crippen molar-refractivity contribution in [3.05, 3.63) is 23.8 Å². The van der Waals surface area contributed by atoms with E-state index in [2.05, 4.69) is 42.0 Å². The second-order valence-electron chi connectivity index (χ2n) is 5.64. The van der Waals surface area contributed by atoms with Crippen LogP contribution in [0.4, 0.5) is 5.69 Å². The molecule has 21 heavy (non-hydrogen) atoms. The molecule has 0 radical (unpaired) electrons. The smallest absolute Gasteiger partial charge is 0.126 e. The van der Waals surface area contributed by atoms with Crippen LogP contribution in [0.1, 0.15) is 25.3 Å². The minimum atomic E-state index is 0.169. The van der Waals surface area contributed by atoms with E-state index in [1.165, 1.54) is 0 Å². The van der Waals surface area contributed by atoms with Crippen LogP contribution in [0.25, 0.3) is 0 Å². The zero-order valence-corrected chi connectivity index (χ0v) is 14.0. The average Bonchev–Trinajstić information content (AvgIpc) is 2.67. The Morgan fingerprint density at radius 1 is 1.43 bits per heavy atom. The quantitative estimate of drug-likeness (QED) is 0.510. The third-order valence-corrected chi connectivity index (χ3v) is 4.96. The second-order valence-corrected chi connectivity index (χ2v) is 6.49. The van der Waals surface area contributed by atoms with E-state index in [1.807, 2.05) is 6.26 Å². The number of anilines is 1. The monoisotopic (exact) mass is 306 g/mol. The van der Waals surface area contributed by atoms with Gasteiger partial charge in [0.1, 0.15) is 5.84 Å². The van der Waals surface area contributed by atoms with E-state index in [0.717, 1.165) is 48.6 Å². The van der Waals surface area contributed by atoms with Gasteiger partial charge in [-0.2, -0.15) is 0 Å². The number of thioether (sulfide) groups is 1. The third kappa shape index (κ3) is 3.52. The lowest BCUT2D eigenvalue weighted by Crippen LogP contribution is -2.40. The number of benzene rings is 1. The SMILES string of the molecule is CCC1CN(C)CCCN1c1cccc(SC)c1C(=N)N. The molecule has 1 atom stereocenters. The standard InChI is InChI=1S/C16H26N4S/c1-4-12-11-19(2)9-6-10-20(12)13-7-5-8-14(21-3)15(13)16(17)18/h5,7-8,12H,4,6,9-11H2,1-3H3,(H3,17,18).